The number of fused-ring (bicyclic) bond motifs is 2. The summed E-state index contributed by atoms with van der Waals surface area (Å²) in [4.78, 5) is 27.0. The van der Waals surface area contributed by atoms with Crippen LogP contribution in [0.1, 0.15) is 5.56 Å². The first kappa shape index (κ1) is 26.6. The molecule has 1 heterocycles. The Bertz CT molecular complexity index is 1930. The Kier molecular flexibility index (Phi) is 7.21. The maximum Gasteiger partial charge on any atom is 0.339 e. The van der Waals surface area contributed by atoms with Gasteiger partial charge in [0.25, 0.3) is 11.1 Å². The molecular formula is C32H23NO6S2. The van der Waals surface area contributed by atoms with Gasteiger partial charge in [0.15, 0.2) is 0 Å². The second-order valence-corrected chi connectivity index (χ2v) is 11.8. The number of amides is 2. The van der Waals surface area contributed by atoms with Crippen molar-refractivity contribution >= 4 is 60.6 Å². The molecule has 0 N–H and O–H groups in total. The number of hydrogen-bond acceptors (Lipinski definition) is 7. The molecule has 0 saturated carbocycles. The van der Waals surface area contributed by atoms with Crippen LogP contribution < -0.4 is 8.92 Å². The van der Waals surface area contributed by atoms with Gasteiger partial charge in [-0.3, -0.25) is 14.5 Å². The second kappa shape index (κ2) is 11.1. The third kappa shape index (κ3) is 5.68. The number of rotatable bonds is 8. The van der Waals surface area contributed by atoms with Gasteiger partial charge < -0.3 is 8.92 Å². The normalized spacial score (nSPS) is 14.7. The van der Waals surface area contributed by atoms with Crippen LogP contribution in [-0.2, 0) is 14.9 Å². The number of imide groups is 1. The van der Waals surface area contributed by atoms with E-state index < -0.39 is 16.0 Å². The fourth-order valence-corrected chi connectivity index (χ4v) is 6.36. The molecule has 0 radical (unpaired) electrons. The van der Waals surface area contributed by atoms with E-state index in [-0.39, 0.29) is 33.9 Å². The van der Waals surface area contributed by atoms with E-state index in [1.165, 1.54) is 18.2 Å². The van der Waals surface area contributed by atoms with E-state index in [0.29, 0.717) is 11.3 Å². The molecule has 6 rings (SSSR count). The molecule has 0 unspecified atom stereocenters. The quantitative estimate of drug-likeness (QED) is 0.146. The summed E-state index contributed by atoms with van der Waals surface area (Å²) in [7, 11) is -4.04. The lowest BCUT2D eigenvalue weighted by atomic mass is 10.1. The highest BCUT2D eigenvalue weighted by Crippen LogP contribution is 2.33. The number of nitrogens with zero attached hydrogens (tertiary/aromatic N) is 1. The third-order valence-corrected chi connectivity index (χ3v) is 8.74. The Labute approximate surface area is 241 Å². The molecular weight excluding hydrogens is 558 g/mol. The van der Waals surface area contributed by atoms with Crippen molar-refractivity contribution in [1.82, 2.24) is 4.90 Å². The summed E-state index contributed by atoms with van der Waals surface area (Å²) in [5, 5.41) is 3.35. The Morgan fingerprint density at radius 2 is 1.46 bits per heavy atom. The van der Waals surface area contributed by atoms with Crippen molar-refractivity contribution in [1.29, 1.82) is 0 Å². The van der Waals surface area contributed by atoms with Crippen molar-refractivity contribution in [3.8, 4) is 11.5 Å². The van der Waals surface area contributed by atoms with E-state index >= 15 is 0 Å². The second-order valence-electron chi connectivity index (χ2n) is 9.27. The van der Waals surface area contributed by atoms with Gasteiger partial charge in [0.2, 0.25) is 0 Å². The molecule has 1 saturated heterocycles. The van der Waals surface area contributed by atoms with E-state index in [9.17, 15) is 18.0 Å². The third-order valence-electron chi connectivity index (χ3n) is 6.59. The molecule has 2 amide bonds. The molecule has 204 valence electrons. The highest BCUT2D eigenvalue weighted by Gasteiger charge is 2.34. The summed E-state index contributed by atoms with van der Waals surface area (Å²) in [6, 6.07) is 32.1. The summed E-state index contributed by atoms with van der Waals surface area (Å²) >= 11 is 0.854. The number of hydrogen-bond donors (Lipinski definition) is 0. The largest absolute Gasteiger partial charge is 0.491 e. The molecule has 1 aliphatic rings. The smallest absolute Gasteiger partial charge is 0.339 e. The van der Waals surface area contributed by atoms with Crippen molar-refractivity contribution in [3.05, 3.63) is 120 Å². The highest BCUT2D eigenvalue weighted by molar-refractivity contribution is 8.18. The predicted molar refractivity (Wildman–Crippen MR) is 160 cm³/mol. The first-order valence-corrected chi connectivity index (χ1v) is 15.0. The minimum Gasteiger partial charge on any atom is -0.491 e. The van der Waals surface area contributed by atoms with E-state index in [1.54, 1.807) is 30.3 Å². The van der Waals surface area contributed by atoms with Gasteiger partial charge in [-0.05, 0) is 69.9 Å². The van der Waals surface area contributed by atoms with Gasteiger partial charge in [-0.2, -0.15) is 8.42 Å². The van der Waals surface area contributed by atoms with Crippen molar-refractivity contribution < 1.29 is 26.9 Å². The maximum atomic E-state index is 12.9. The minimum absolute atomic E-state index is 0.0541. The number of thioether (sulfide) groups is 1. The number of carbonyl (C=O) groups excluding carboxylic acids is 2. The van der Waals surface area contributed by atoms with E-state index in [4.69, 9.17) is 8.92 Å². The Balaban J connectivity index is 1.10. The van der Waals surface area contributed by atoms with E-state index in [0.717, 1.165) is 38.2 Å². The number of ether oxygens (including phenoxy) is 1. The fourth-order valence-electron chi connectivity index (χ4n) is 4.53. The van der Waals surface area contributed by atoms with Crippen LogP contribution in [0, 0.1) is 0 Å². The van der Waals surface area contributed by atoms with Crippen LogP contribution in [0.3, 0.4) is 0 Å². The zero-order valence-electron chi connectivity index (χ0n) is 21.6. The number of benzene rings is 5. The average Bonchev–Trinajstić information content (AvgIpc) is 3.25. The molecule has 5 aromatic rings. The zero-order valence-corrected chi connectivity index (χ0v) is 23.2. The Morgan fingerprint density at radius 1 is 0.756 bits per heavy atom. The summed E-state index contributed by atoms with van der Waals surface area (Å²) in [5.74, 6) is 0.422. The lowest BCUT2D eigenvalue weighted by Gasteiger charge is -2.14. The average molecular weight is 582 g/mol. The molecule has 0 aromatic heterocycles. The summed E-state index contributed by atoms with van der Waals surface area (Å²) in [6.07, 6.45) is 1.60. The molecule has 0 aliphatic carbocycles. The molecule has 0 bridgehead atoms. The van der Waals surface area contributed by atoms with E-state index in [2.05, 4.69) is 0 Å². The topological polar surface area (TPSA) is 90.0 Å². The minimum atomic E-state index is -4.04. The first-order chi connectivity index (χ1) is 19.9. The summed E-state index contributed by atoms with van der Waals surface area (Å²) in [5.41, 5.74) is 0.623. The van der Waals surface area contributed by atoms with Crippen LogP contribution >= 0.6 is 11.8 Å². The van der Waals surface area contributed by atoms with Gasteiger partial charge >= 0.3 is 10.1 Å². The fraction of sp³-hybridized carbons (Fsp3) is 0.0625. The van der Waals surface area contributed by atoms with Crippen molar-refractivity contribution in [2.75, 3.05) is 13.2 Å². The van der Waals surface area contributed by atoms with Crippen molar-refractivity contribution in [3.63, 3.8) is 0 Å². The zero-order chi connectivity index (χ0) is 28.4. The van der Waals surface area contributed by atoms with Gasteiger partial charge in [0.1, 0.15) is 23.0 Å². The van der Waals surface area contributed by atoms with E-state index in [1.807, 2.05) is 66.7 Å². The SMILES string of the molecule is O=C1S/C(=C\c2ccc(OS(=O)(=O)c3ccc4ccccc4c3)cc2)C(=O)N1CCOc1cccc2ccccc12. The van der Waals surface area contributed by atoms with Gasteiger partial charge in [-0.25, -0.2) is 0 Å². The Hall–Kier alpha value is -4.60. The van der Waals surface area contributed by atoms with Gasteiger partial charge in [-0.1, -0.05) is 78.9 Å². The van der Waals surface area contributed by atoms with Crippen LogP contribution in [0.5, 0.6) is 11.5 Å². The predicted octanol–water partition coefficient (Wildman–Crippen LogP) is 6.88. The molecule has 1 fully saturated rings. The van der Waals surface area contributed by atoms with Gasteiger partial charge in [0.05, 0.1) is 11.4 Å². The van der Waals surface area contributed by atoms with Crippen molar-refractivity contribution in [2.45, 2.75) is 4.90 Å². The molecule has 0 atom stereocenters. The van der Waals surface area contributed by atoms with Gasteiger partial charge in [0, 0.05) is 5.39 Å². The molecule has 1 aliphatic heterocycles. The summed E-state index contributed by atoms with van der Waals surface area (Å²) < 4.78 is 36.9. The van der Waals surface area contributed by atoms with Crippen LogP contribution in [0.2, 0.25) is 0 Å². The molecule has 9 heteroatoms. The molecule has 5 aromatic carbocycles. The van der Waals surface area contributed by atoms with Crippen LogP contribution in [0.15, 0.2) is 119 Å². The molecule has 7 nitrogen and oxygen atoms in total. The highest BCUT2D eigenvalue weighted by atomic mass is 32.2. The Morgan fingerprint density at radius 3 is 2.27 bits per heavy atom. The van der Waals surface area contributed by atoms with Crippen LogP contribution in [0.4, 0.5) is 4.79 Å². The first-order valence-electron chi connectivity index (χ1n) is 12.8. The molecule has 41 heavy (non-hydrogen) atoms. The maximum absolute atomic E-state index is 12.9. The van der Waals surface area contributed by atoms with Crippen molar-refractivity contribution in [2.24, 2.45) is 0 Å². The monoisotopic (exact) mass is 581 g/mol. The lowest BCUT2D eigenvalue weighted by Crippen LogP contribution is -2.32. The van der Waals surface area contributed by atoms with Gasteiger partial charge in [-0.15, -0.1) is 0 Å². The van der Waals surface area contributed by atoms with Crippen LogP contribution in [-0.4, -0.2) is 37.6 Å². The van der Waals surface area contributed by atoms with Crippen LogP contribution in [0.25, 0.3) is 27.6 Å². The number of carbonyl (C=O) groups is 2. The summed E-state index contributed by atoms with van der Waals surface area (Å²) in [6.45, 7) is 0.279. The lowest BCUT2D eigenvalue weighted by molar-refractivity contribution is -0.123. The molecule has 0 spiro atoms. The standard InChI is InChI=1S/C32H23NO6S2/c34-31-30(40-32(35)33(31)18-19-38-29-11-5-9-24-7-3-4-10-28(24)29)20-22-12-15-26(16-13-22)39-41(36,37)27-17-14-23-6-1-2-8-25(23)21-27/h1-17,20-21H,18-19H2/b30-20-.